The molecule has 5 heteroatoms. The number of nitrogens with two attached hydrogens (primary N) is 1. The molecule has 14 heavy (non-hydrogen) atoms. The van der Waals surface area contributed by atoms with Gasteiger partial charge in [-0.2, -0.15) is 0 Å². The van der Waals surface area contributed by atoms with Gasteiger partial charge in [0.2, 0.25) is 0 Å². The summed E-state index contributed by atoms with van der Waals surface area (Å²) in [6.45, 7) is 1.49. The van der Waals surface area contributed by atoms with E-state index in [1.807, 2.05) is 4.90 Å². The van der Waals surface area contributed by atoms with Gasteiger partial charge in [-0.25, -0.2) is 9.97 Å². The van der Waals surface area contributed by atoms with E-state index in [1.165, 1.54) is 0 Å². The van der Waals surface area contributed by atoms with Crippen LogP contribution in [0.15, 0.2) is 12.4 Å². The van der Waals surface area contributed by atoms with Crippen LogP contribution in [0.3, 0.4) is 0 Å². The molecule has 1 fully saturated rings. The van der Waals surface area contributed by atoms with E-state index in [1.54, 1.807) is 12.4 Å². The molecular formula is C9H14N4O. The molecule has 0 saturated carbocycles. The number of piperidine rings is 1. The predicted molar refractivity (Wildman–Crippen MR) is 53.9 cm³/mol. The van der Waals surface area contributed by atoms with Crippen molar-refractivity contribution in [3.05, 3.63) is 12.4 Å². The molecule has 1 atom stereocenters. The van der Waals surface area contributed by atoms with Crippen molar-refractivity contribution in [1.29, 1.82) is 0 Å². The van der Waals surface area contributed by atoms with Crippen LogP contribution in [0.5, 0.6) is 0 Å². The van der Waals surface area contributed by atoms with Gasteiger partial charge in [0.1, 0.15) is 0 Å². The van der Waals surface area contributed by atoms with Crippen molar-refractivity contribution in [2.45, 2.75) is 18.9 Å². The molecule has 1 unspecified atom stereocenters. The third-order valence-corrected chi connectivity index (χ3v) is 2.40. The molecule has 1 aromatic rings. The van der Waals surface area contributed by atoms with Gasteiger partial charge < -0.3 is 15.7 Å². The van der Waals surface area contributed by atoms with E-state index in [0.29, 0.717) is 18.2 Å². The molecule has 0 bridgehead atoms. The molecule has 0 radical (unpaired) electrons. The van der Waals surface area contributed by atoms with Gasteiger partial charge in [0, 0.05) is 25.5 Å². The monoisotopic (exact) mass is 194 g/mol. The number of aliphatic hydroxyl groups is 1. The second-order valence-corrected chi connectivity index (χ2v) is 3.51. The number of rotatable bonds is 1. The number of nitrogens with zero attached hydrogens (tertiary/aromatic N) is 3. The Balaban J connectivity index is 2.18. The normalized spacial score (nSPS) is 22.4. The first-order valence-electron chi connectivity index (χ1n) is 4.77. The van der Waals surface area contributed by atoms with Crippen LogP contribution in [0.4, 0.5) is 11.6 Å². The zero-order chi connectivity index (χ0) is 9.97. The molecule has 2 heterocycles. The number of aliphatic hydroxyl groups excluding tert-OH is 1. The summed E-state index contributed by atoms with van der Waals surface area (Å²) in [6.07, 6.45) is 4.74. The van der Waals surface area contributed by atoms with Gasteiger partial charge in [0.25, 0.3) is 0 Å². The predicted octanol–water partition coefficient (Wildman–Crippen LogP) is 0.0199. The number of aromatic nitrogens is 2. The standard InChI is InChI=1S/C9H14N4O/c10-8-9(12-4-3-11-8)13-5-1-2-7(14)6-13/h3-4,7,14H,1-2,5-6H2,(H2,10,11). The molecule has 0 amide bonds. The van der Waals surface area contributed by atoms with Crippen LogP contribution in [0.1, 0.15) is 12.8 Å². The summed E-state index contributed by atoms with van der Waals surface area (Å²) in [6, 6.07) is 0. The van der Waals surface area contributed by atoms with Crippen molar-refractivity contribution < 1.29 is 5.11 Å². The first kappa shape index (κ1) is 9.21. The Kier molecular flexibility index (Phi) is 2.49. The molecule has 5 nitrogen and oxygen atoms in total. The Labute approximate surface area is 82.6 Å². The summed E-state index contributed by atoms with van der Waals surface area (Å²) in [7, 11) is 0. The number of hydrogen-bond donors (Lipinski definition) is 2. The second kappa shape index (κ2) is 3.79. The Hall–Kier alpha value is -1.36. The molecule has 76 valence electrons. The van der Waals surface area contributed by atoms with Gasteiger partial charge in [-0.05, 0) is 12.8 Å². The van der Waals surface area contributed by atoms with Crippen LogP contribution < -0.4 is 10.6 Å². The number of hydrogen-bond acceptors (Lipinski definition) is 5. The maximum absolute atomic E-state index is 9.50. The summed E-state index contributed by atoms with van der Waals surface area (Å²) in [4.78, 5) is 10.1. The highest BCUT2D eigenvalue weighted by molar-refractivity contribution is 5.57. The van der Waals surface area contributed by atoms with Gasteiger partial charge in [-0.15, -0.1) is 0 Å². The van der Waals surface area contributed by atoms with Gasteiger partial charge >= 0.3 is 0 Å². The Bertz CT molecular complexity index is 317. The fraction of sp³-hybridized carbons (Fsp3) is 0.556. The number of nitrogen functional groups attached to an aromatic ring is 1. The Morgan fingerprint density at radius 3 is 2.93 bits per heavy atom. The maximum Gasteiger partial charge on any atom is 0.171 e. The smallest absolute Gasteiger partial charge is 0.171 e. The van der Waals surface area contributed by atoms with Crippen molar-refractivity contribution in [3.63, 3.8) is 0 Å². The summed E-state index contributed by atoms with van der Waals surface area (Å²) >= 11 is 0. The van der Waals surface area contributed by atoms with Crippen molar-refractivity contribution in [3.8, 4) is 0 Å². The van der Waals surface area contributed by atoms with Crippen LogP contribution in [0, 0.1) is 0 Å². The van der Waals surface area contributed by atoms with Crippen LogP contribution in [-0.2, 0) is 0 Å². The average molecular weight is 194 g/mol. The summed E-state index contributed by atoms with van der Waals surface area (Å²) in [5.41, 5.74) is 5.70. The van der Waals surface area contributed by atoms with Gasteiger partial charge in [0.15, 0.2) is 11.6 Å². The molecule has 0 spiro atoms. The van der Waals surface area contributed by atoms with Crippen LogP contribution in [0.2, 0.25) is 0 Å². The van der Waals surface area contributed by atoms with Crippen LogP contribution >= 0.6 is 0 Å². The fourth-order valence-corrected chi connectivity index (χ4v) is 1.73. The van der Waals surface area contributed by atoms with Gasteiger partial charge in [-0.3, -0.25) is 0 Å². The Morgan fingerprint density at radius 1 is 1.43 bits per heavy atom. The molecule has 1 saturated heterocycles. The van der Waals surface area contributed by atoms with Crippen molar-refractivity contribution in [2.75, 3.05) is 23.7 Å². The van der Waals surface area contributed by atoms with Gasteiger partial charge in [-0.1, -0.05) is 0 Å². The van der Waals surface area contributed by atoms with Crippen LogP contribution in [-0.4, -0.2) is 34.3 Å². The first-order chi connectivity index (χ1) is 6.77. The molecule has 2 rings (SSSR count). The highest BCUT2D eigenvalue weighted by atomic mass is 16.3. The van der Waals surface area contributed by atoms with E-state index in [0.717, 1.165) is 19.4 Å². The average Bonchev–Trinajstić information content (AvgIpc) is 2.18. The largest absolute Gasteiger partial charge is 0.391 e. The quantitative estimate of drug-likeness (QED) is 0.659. The lowest BCUT2D eigenvalue weighted by Gasteiger charge is -2.31. The number of anilines is 2. The lowest BCUT2D eigenvalue weighted by atomic mass is 10.1. The second-order valence-electron chi connectivity index (χ2n) is 3.51. The van der Waals surface area contributed by atoms with E-state index >= 15 is 0 Å². The zero-order valence-electron chi connectivity index (χ0n) is 7.93. The lowest BCUT2D eigenvalue weighted by molar-refractivity contribution is 0.154. The molecule has 1 aromatic heterocycles. The topological polar surface area (TPSA) is 75.3 Å². The highest BCUT2D eigenvalue weighted by Gasteiger charge is 2.20. The minimum atomic E-state index is -0.273. The third-order valence-electron chi connectivity index (χ3n) is 2.40. The SMILES string of the molecule is Nc1nccnc1N1CCCC(O)C1. The third kappa shape index (κ3) is 1.77. The van der Waals surface area contributed by atoms with Crippen molar-refractivity contribution in [2.24, 2.45) is 0 Å². The minimum absolute atomic E-state index is 0.273. The summed E-state index contributed by atoms with van der Waals surface area (Å²) < 4.78 is 0. The molecule has 1 aliphatic heterocycles. The molecule has 1 aliphatic rings. The van der Waals surface area contributed by atoms with Crippen molar-refractivity contribution in [1.82, 2.24) is 9.97 Å². The summed E-state index contributed by atoms with van der Waals surface area (Å²) in [5, 5.41) is 9.50. The van der Waals surface area contributed by atoms with E-state index in [-0.39, 0.29) is 6.10 Å². The minimum Gasteiger partial charge on any atom is -0.391 e. The van der Waals surface area contributed by atoms with E-state index in [9.17, 15) is 5.11 Å². The van der Waals surface area contributed by atoms with E-state index in [2.05, 4.69) is 9.97 Å². The number of β-amino-alcohol motifs (C(OH)–C–C–N with tert-alkyl or cyclic N) is 1. The maximum atomic E-state index is 9.50. The molecular weight excluding hydrogens is 180 g/mol. The van der Waals surface area contributed by atoms with Crippen LogP contribution in [0.25, 0.3) is 0 Å². The van der Waals surface area contributed by atoms with Gasteiger partial charge in [0.05, 0.1) is 6.10 Å². The zero-order valence-corrected chi connectivity index (χ0v) is 7.93. The van der Waals surface area contributed by atoms with Crippen molar-refractivity contribution >= 4 is 11.6 Å². The molecule has 0 aromatic carbocycles. The molecule has 0 aliphatic carbocycles. The van der Waals surface area contributed by atoms with E-state index < -0.39 is 0 Å². The Morgan fingerprint density at radius 2 is 2.21 bits per heavy atom. The molecule has 3 N–H and O–H groups in total. The highest BCUT2D eigenvalue weighted by Crippen LogP contribution is 2.21. The summed E-state index contributed by atoms with van der Waals surface area (Å²) in [5.74, 6) is 1.12. The fourth-order valence-electron chi connectivity index (χ4n) is 1.73. The lowest BCUT2D eigenvalue weighted by Crippen LogP contribution is -2.39. The van der Waals surface area contributed by atoms with E-state index in [4.69, 9.17) is 5.73 Å². The first-order valence-corrected chi connectivity index (χ1v) is 4.77.